The molecule has 34 heavy (non-hydrogen) atoms. The Hall–Kier alpha value is -2.76. The summed E-state index contributed by atoms with van der Waals surface area (Å²) >= 11 is 0. The molecule has 0 radical (unpaired) electrons. The molecule has 10 nitrogen and oxygen atoms in total. The minimum atomic E-state index is -3.55. The van der Waals surface area contributed by atoms with Crippen LogP contribution in [0.25, 0.3) is 11.2 Å². The lowest BCUT2D eigenvalue weighted by molar-refractivity contribution is 0.126. The van der Waals surface area contributed by atoms with E-state index < -0.39 is 10.0 Å². The molecule has 1 aromatic carbocycles. The van der Waals surface area contributed by atoms with Crippen molar-refractivity contribution in [3.05, 3.63) is 30.6 Å². The van der Waals surface area contributed by atoms with Crippen molar-refractivity contribution in [1.82, 2.24) is 24.2 Å². The van der Waals surface area contributed by atoms with Gasteiger partial charge in [0, 0.05) is 24.8 Å². The third-order valence-electron chi connectivity index (χ3n) is 5.94. The maximum Gasteiger partial charge on any atom is 0.240 e. The van der Waals surface area contributed by atoms with Gasteiger partial charge in [0.05, 0.1) is 17.3 Å². The van der Waals surface area contributed by atoms with Crippen molar-refractivity contribution in [2.24, 2.45) is 5.92 Å². The first kappa shape index (κ1) is 24.4. The molecule has 4 N–H and O–H groups in total. The van der Waals surface area contributed by atoms with Crippen molar-refractivity contribution in [2.45, 2.75) is 70.0 Å². The zero-order valence-corrected chi connectivity index (χ0v) is 20.6. The van der Waals surface area contributed by atoms with Crippen molar-refractivity contribution in [2.75, 3.05) is 17.2 Å². The predicted octanol–water partition coefficient (Wildman–Crippen LogP) is 3.24. The number of nitrogens with zero attached hydrogens (tertiary/aromatic N) is 4. The Kier molecular flexibility index (Phi) is 7.34. The number of hydrogen-bond donors (Lipinski definition) is 4. The van der Waals surface area contributed by atoms with Crippen LogP contribution >= 0.6 is 0 Å². The van der Waals surface area contributed by atoms with Crippen LogP contribution in [0, 0.1) is 5.92 Å². The van der Waals surface area contributed by atoms with Crippen molar-refractivity contribution in [3.63, 3.8) is 0 Å². The molecule has 1 aliphatic rings. The zero-order valence-electron chi connectivity index (χ0n) is 19.8. The van der Waals surface area contributed by atoms with E-state index in [4.69, 9.17) is 4.98 Å². The van der Waals surface area contributed by atoms with Crippen molar-refractivity contribution in [3.8, 4) is 0 Å². The van der Waals surface area contributed by atoms with Crippen LogP contribution in [-0.2, 0) is 16.6 Å². The maximum absolute atomic E-state index is 12.5. The van der Waals surface area contributed by atoms with Crippen LogP contribution < -0.4 is 15.4 Å². The third-order valence-corrected chi connectivity index (χ3v) is 7.38. The molecule has 2 heterocycles. The lowest BCUT2D eigenvalue weighted by atomic mass is 9.93. The number of fused-ring (bicyclic) bond motifs is 1. The fourth-order valence-electron chi connectivity index (χ4n) is 3.94. The summed E-state index contributed by atoms with van der Waals surface area (Å²) < 4.78 is 29.5. The number of aryl methyl sites for hydroxylation is 1. The summed E-state index contributed by atoms with van der Waals surface area (Å²) in [6.45, 7) is 7.05. The monoisotopic (exact) mass is 487 g/mol. The highest BCUT2D eigenvalue weighted by molar-refractivity contribution is 7.89. The van der Waals surface area contributed by atoms with E-state index in [1.54, 1.807) is 30.6 Å². The van der Waals surface area contributed by atoms with E-state index in [0.717, 1.165) is 37.9 Å². The van der Waals surface area contributed by atoms with Gasteiger partial charge in [-0.1, -0.05) is 13.8 Å². The number of anilines is 3. The topological polar surface area (TPSA) is 134 Å². The zero-order chi connectivity index (χ0) is 24.3. The Bertz CT molecular complexity index is 1220. The highest BCUT2D eigenvalue weighted by Crippen LogP contribution is 2.27. The Morgan fingerprint density at radius 1 is 1.12 bits per heavy atom. The number of sulfonamides is 1. The number of rotatable bonds is 9. The molecular formula is C23H33N7O3S. The van der Waals surface area contributed by atoms with Crippen LogP contribution in [0.5, 0.6) is 0 Å². The predicted molar refractivity (Wildman–Crippen MR) is 133 cm³/mol. The first-order valence-electron chi connectivity index (χ1n) is 11.8. The number of benzene rings is 1. The van der Waals surface area contributed by atoms with E-state index >= 15 is 0 Å². The summed E-state index contributed by atoms with van der Waals surface area (Å²) in [5.74, 6) is 1.27. The molecule has 0 atom stereocenters. The largest absolute Gasteiger partial charge is 0.393 e. The second kappa shape index (κ2) is 10.2. The van der Waals surface area contributed by atoms with E-state index in [2.05, 4.69) is 25.3 Å². The van der Waals surface area contributed by atoms with E-state index in [1.165, 1.54) is 0 Å². The fourth-order valence-corrected chi connectivity index (χ4v) is 5.16. The standard InChI is InChI=1S/C23H33N7O3S/c1-4-30-14-24-20-21(28-23(29-22(20)30)27-17-5-9-18(31)10-6-17)26-16-7-11-19(12-8-16)34(32,33)25-13-15(2)3/h7-8,11-12,14-15,17-18,25,31H,4-6,9-10,13H2,1-3H3,(H2,26,27,28,29)/t17-,18-. The second-order valence-electron chi connectivity index (χ2n) is 9.14. The minimum Gasteiger partial charge on any atom is -0.393 e. The van der Waals surface area contributed by atoms with E-state index in [1.807, 2.05) is 25.3 Å². The van der Waals surface area contributed by atoms with E-state index in [-0.39, 0.29) is 23.0 Å². The summed E-state index contributed by atoms with van der Waals surface area (Å²) in [6.07, 6.45) is 4.76. The molecule has 184 valence electrons. The van der Waals surface area contributed by atoms with Crippen LogP contribution in [0.4, 0.5) is 17.5 Å². The Morgan fingerprint density at radius 2 is 1.82 bits per heavy atom. The summed E-state index contributed by atoms with van der Waals surface area (Å²) in [6, 6.07) is 6.77. The van der Waals surface area contributed by atoms with Gasteiger partial charge in [-0.3, -0.25) is 0 Å². The molecule has 1 aliphatic carbocycles. The number of aromatic nitrogens is 4. The first-order valence-corrected chi connectivity index (χ1v) is 13.3. The average molecular weight is 488 g/mol. The smallest absolute Gasteiger partial charge is 0.240 e. The molecule has 0 unspecified atom stereocenters. The fraction of sp³-hybridized carbons (Fsp3) is 0.522. The molecule has 2 aromatic heterocycles. The average Bonchev–Trinajstić information content (AvgIpc) is 3.23. The lowest BCUT2D eigenvalue weighted by Crippen LogP contribution is -2.29. The van der Waals surface area contributed by atoms with Gasteiger partial charge in [0.15, 0.2) is 17.0 Å². The molecule has 11 heteroatoms. The number of nitrogens with one attached hydrogen (secondary N) is 3. The summed E-state index contributed by atoms with van der Waals surface area (Å²) in [5, 5.41) is 16.5. The van der Waals surface area contributed by atoms with Crippen LogP contribution in [-0.4, -0.2) is 51.7 Å². The van der Waals surface area contributed by atoms with E-state index in [0.29, 0.717) is 29.5 Å². The minimum absolute atomic E-state index is 0.203. The highest BCUT2D eigenvalue weighted by Gasteiger charge is 2.21. The highest BCUT2D eigenvalue weighted by atomic mass is 32.2. The SMILES string of the molecule is CCn1cnc2c(Nc3ccc(S(=O)(=O)NCC(C)C)cc3)nc(N[C@H]3CC[C@H](O)CC3)nc21. The third kappa shape index (κ3) is 5.65. The number of hydrogen-bond acceptors (Lipinski definition) is 8. The molecule has 1 saturated carbocycles. The van der Waals surface area contributed by atoms with Gasteiger partial charge in [-0.05, 0) is 62.8 Å². The van der Waals surface area contributed by atoms with Gasteiger partial charge in [-0.15, -0.1) is 0 Å². The Morgan fingerprint density at radius 3 is 2.47 bits per heavy atom. The van der Waals surface area contributed by atoms with Gasteiger partial charge in [-0.2, -0.15) is 9.97 Å². The molecule has 0 saturated heterocycles. The Balaban J connectivity index is 1.57. The van der Waals surface area contributed by atoms with Gasteiger partial charge in [0.1, 0.15) is 0 Å². The lowest BCUT2D eigenvalue weighted by Gasteiger charge is -2.26. The van der Waals surface area contributed by atoms with Gasteiger partial charge < -0.3 is 20.3 Å². The molecule has 1 fully saturated rings. The van der Waals surface area contributed by atoms with Crippen molar-refractivity contribution >= 4 is 38.6 Å². The van der Waals surface area contributed by atoms with Crippen molar-refractivity contribution in [1.29, 1.82) is 0 Å². The summed E-state index contributed by atoms with van der Waals surface area (Å²) in [5.41, 5.74) is 2.05. The normalized spacial score (nSPS) is 19.0. The van der Waals surface area contributed by atoms with E-state index in [9.17, 15) is 13.5 Å². The molecule has 3 aromatic rings. The molecule has 0 bridgehead atoms. The van der Waals surface area contributed by atoms with Gasteiger partial charge in [-0.25, -0.2) is 18.1 Å². The first-order chi connectivity index (χ1) is 16.2. The van der Waals surface area contributed by atoms with Gasteiger partial charge in [0.2, 0.25) is 16.0 Å². The van der Waals surface area contributed by atoms with Crippen molar-refractivity contribution < 1.29 is 13.5 Å². The van der Waals surface area contributed by atoms with Crippen LogP contribution in [0.3, 0.4) is 0 Å². The van der Waals surface area contributed by atoms with Crippen LogP contribution in [0.15, 0.2) is 35.5 Å². The number of imidazole rings is 1. The number of aliphatic hydroxyl groups excluding tert-OH is 1. The summed E-state index contributed by atoms with van der Waals surface area (Å²) in [4.78, 5) is 14.1. The molecule has 0 amide bonds. The quantitative estimate of drug-likeness (QED) is 0.361. The molecule has 0 aliphatic heterocycles. The maximum atomic E-state index is 12.5. The van der Waals surface area contributed by atoms with Crippen LogP contribution in [0.2, 0.25) is 0 Å². The van der Waals surface area contributed by atoms with Gasteiger partial charge in [0.25, 0.3) is 0 Å². The number of aliphatic hydroxyl groups is 1. The molecule has 0 spiro atoms. The molecular weight excluding hydrogens is 454 g/mol. The van der Waals surface area contributed by atoms with Crippen LogP contribution in [0.1, 0.15) is 46.5 Å². The summed E-state index contributed by atoms with van der Waals surface area (Å²) in [7, 11) is -3.55. The second-order valence-corrected chi connectivity index (χ2v) is 10.9. The molecule has 4 rings (SSSR count). The van der Waals surface area contributed by atoms with Gasteiger partial charge >= 0.3 is 0 Å². The Labute approximate surface area is 200 Å².